The largest absolute Gasteiger partial charge is 0.342 e. The Kier molecular flexibility index (Phi) is 5.39. The number of pyridine rings is 1. The number of aromatic nitrogens is 3. The molecule has 1 atom stereocenters. The second kappa shape index (κ2) is 8.02. The molecule has 4 rings (SSSR count). The molecule has 2 aromatic carbocycles. The van der Waals surface area contributed by atoms with Crippen molar-refractivity contribution in [3.63, 3.8) is 0 Å². The van der Waals surface area contributed by atoms with E-state index in [4.69, 9.17) is 4.98 Å². The molecule has 0 unspecified atom stereocenters. The number of hydrogen-bond acceptors (Lipinski definition) is 3. The first kappa shape index (κ1) is 20.8. The smallest absolute Gasteiger partial charge is 0.252 e. The summed E-state index contributed by atoms with van der Waals surface area (Å²) in [4.78, 5) is 30.8. The molecule has 160 valence electrons. The maximum atomic E-state index is 13.4. The first-order chi connectivity index (χ1) is 14.8. The Morgan fingerprint density at radius 1 is 0.968 bits per heavy atom. The maximum Gasteiger partial charge on any atom is 0.252 e. The third-order valence-electron chi connectivity index (χ3n) is 5.77. The highest BCUT2D eigenvalue weighted by molar-refractivity contribution is 6.06. The van der Waals surface area contributed by atoms with Crippen molar-refractivity contribution < 1.29 is 4.79 Å². The number of carbonyl (C=O) groups excluding carboxylic acids is 1. The number of aryl methyl sites for hydroxylation is 1. The first-order valence-electron chi connectivity index (χ1n) is 10.7. The lowest BCUT2D eigenvalue weighted by atomic mass is 10.0. The van der Waals surface area contributed by atoms with E-state index in [-0.39, 0.29) is 29.5 Å². The van der Waals surface area contributed by atoms with E-state index in [9.17, 15) is 9.59 Å². The summed E-state index contributed by atoms with van der Waals surface area (Å²) in [5.41, 5.74) is 2.86. The number of fused-ring (bicyclic) bond motifs is 2. The van der Waals surface area contributed by atoms with Gasteiger partial charge in [-0.15, -0.1) is 0 Å². The van der Waals surface area contributed by atoms with Crippen LogP contribution in [0.5, 0.6) is 0 Å². The zero-order valence-electron chi connectivity index (χ0n) is 18.6. The van der Waals surface area contributed by atoms with Crippen molar-refractivity contribution in [2.45, 2.75) is 39.8 Å². The fraction of sp³-hybridized carbons (Fsp3) is 0.320. The summed E-state index contributed by atoms with van der Waals surface area (Å²) in [6.07, 6.45) is 0. The minimum atomic E-state index is -0.301. The van der Waals surface area contributed by atoms with Crippen LogP contribution in [0, 0.1) is 5.92 Å². The van der Waals surface area contributed by atoms with Crippen molar-refractivity contribution in [2.24, 2.45) is 13.0 Å². The second-order valence-electron chi connectivity index (χ2n) is 8.59. The van der Waals surface area contributed by atoms with Crippen molar-refractivity contribution in [2.75, 3.05) is 0 Å². The molecule has 2 aromatic heterocycles. The minimum absolute atomic E-state index is 0.107. The summed E-state index contributed by atoms with van der Waals surface area (Å²) in [5, 5.41) is 3.93. The van der Waals surface area contributed by atoms with Crippen LogP contribution in [-0.4, -0.2) is 20.0 Å². The van der Waals surface area contributed by atoms with E-state index in [0.717, 1.165) is 27.8 Å². The number of imidazole rings is 1. The number of hydrogen-bond donors (Lipinski definition) is 1. The Labute approximate surface area is 181 Å². The zero-order chi connectivity index (χ0) is 22.3. The van der Waals surface area contributed by atoms with E-state index in [1.807, 2.05) is 42.5 Å². The number of carbonyl (C=O) groups is 1. The molecule has 0 bridgehead atoms. The molecule has 1 N–H and O–H groups in total. The average Bonchev–Trinajstić information content (AvgIpc) is 3.13. The van der Waals surface area contributed by atoms with Crippen LogP contribution in [0.25, 0.3) is 21.9 Å². The van der Waals surface area contributed by atoms with Gasteiger partial charge in [0, 0.05) is 24.5 Å². The maximum absolute atomic E-state index is 13.4. The fourth-order valence-corrected chi connectivity index (χ4v) is 4.17. The van der Waals surface area contributed by atoms with Crippen molar-refractivity contribution in [3.8, 4) is 0 Å². The Bertz CT molecular complexity index is 1330. The molecule has 0 saturated carbocycles. The predicted octanol–water partition coefficient (Wildman–Crippen LogP) is 4.60. The summed E-state index contributed by atoms with van der Waals surface area (Å²) in [6, 6.07) is 16.8. The van der Waals surface area contributed by atoms with Gasteiger partial charge in [-0.2, -0.15) is 0 Å². The monoisotopic (exact) mass is 416 g/mol. The lowest BCUT2D eigenvalue weighted by molar-refractivity contribution is 0.0923. The topological polar surface area (TPSA) is 68.9 Å². The molecule has 0 radical (unpaired) electrons. The van der Waals surface area contributed by atoms with Gasteiger partial charge < -0.3 is 14.5 Å². The highest BCUT2D eigenvalue weighted by atomic mass is 16.2. The Morgan fingerprint density at radius 3 is 2.29 bits per heavy atom. The molecule has 0 aliphatic heterocycles. The molecule has 6 nitrogen and oxygen atoms in total. The number of benzene rings is 2. The van der Waals surface area contributed by atoms with Crippen LogP contribution >= 0.6 is 0 Å². The third-order valence-corrected chi connectivity index (χ3v) is 5.77. The SMILES string of the molecule is CC(C)[C@@H](NC(=O)c1cc(=O)n(C)c2ccccc12)c1nc2ccccc2n1C(C)C. The van der Waals surface area contributed by atoms with Gasteiger partial charge in [-0.25, -0.2) is 4.98 Å². The van der Waals surface area contributed by atoms with Crippen molar-refractivity contribution in [3.05, 3.63) is 76.3 Å². The van der Waals surface area contributed by atoms with Gasteiger partial charge in [-0.3, -0.25) is 9.59 Å². The van der Waals surface area contributed by atoms with Crippen molar-refractivity contribution in [1.29, 1.82) is 0 Å². The normalized spacial score (nSPS) is 12.7. The fourth-order valence-electron chi connectivity index (χ4n) is 4.17. The molecule has 0 aliphatic carbocycles. The highest BCUT2D eigenvalue weighted by Crippen LogP contribution is 2.29. The molecule has 0 aliphatic rings. The van der Waals surface area contributed by atoms with Gasteiger partial charge in [-0.05, 0) is 38.0 Å². The van der Waals surface area contributed by atoms with Gasteiger partial charge >= 0.3 is 0 Å². The number of rotatable bonds is 5. The molecule has 0 spiro atoms. The highest BCUT2D eigenvalue weighted by Gasteiger charge is 2.27. The van der Waals surface area contributed by atoms with E-state index < -0.39 is 0 Å². The average molecular weight is 417 g/mol. The van der Waals surface area contributed by atoms with E-state index in [2.05, 4.69) is 43.6 Å². The predicted molar refractivity (Wildman–Crippen MR) is 124 cm³/mol. The first-order valence-corrected chi connectivity index (χ1v) is 10.7. The Morgan fingerprint density at radius 2 is 1.61 bits per heavy atom. The number of nitrogens with zero attached hydrogens (tertiary/aromatic N) is 3. The van der Waals surface area contributed by atoms with Gasteiger partial charge in [0.15, 0.2) is 0 Å². The molecule has 6 heteroatoms. The lowest BCUT2D eigenvalue weighted by Crippen LogP contribution is -2.35. The minimum Gasteiger partial charge on any atom is -0.342 e. The van der Waals surface area contributed by atoms with Gasteiger partial charge in [0.25, 0.3) is 11.5 Å². The number of amides is 1. The van der Waals surface area contributed by atoms with Crippen LogP contribution in [0.1, 0.15) is 56.0 Å². The van der Waals surface area contributed by atoms with Crippen LogP contribution in [0.15, 0.2) is 59.4 Å². The van der Waals surface area contributed by atoms with Gasteiger partial charge in [0.05, 0.1) is 28.2 Å². The van der Waals surface area contributed by atoms with E-state index in [1.165, 1.54) is 6.07 Å². The summed E-state index contributed by atoms with van der Waals surface area (Å²) in [5.74, 6) is 0.665. The van der Waals surface area contributed by atoms with Gasteiger partial charge in [-0.1, -0.05) is 44.2 Å². The molecule has 0 saturated heterocycles. The van der Waals surface area contributed by atoms with E-state index in [0.29, 0.717) is 5.56 Å². The van der Waals surface area contributed by atoms with Crippen LogP contribution in [-0.2, 0) is 7.05 Å². The van der Waals surface area contributed by atoms with Crippen LogP contribution in [0.4, 0.5) is 0 Å². The van der Waals surface area contributed by atoms with Crippen molar-refractivity contribution in [1.82, 2.24) is 19.4 Å². The Hall–Kier alpha value is -3.41. The number of para-hydroxylation sites is 3. The number of nitrogens with one attached hydrogen (secondary N) is 1. The quantitative estimate of drug-likeness (QED) is 0.517. The van der Waals surface area contributed by atoms with Gasteiger partial charge in [0.1, 0.15) is 5.82 Å². The molecule has 4 aromatic rings. The molecule has 2 heterocycles. The van der Waals surface area contributed by atoms with Gasteiger partial charge in [0.2, 0.25) is 0 Å². The molecule has 31 heavy (non-hydrogen) atoms. The third kappa shape index (κ3) is 3.63. The lowest BCUT2D eigenvalue weighted by Gasteiger charge is -2.25. The summed E-state index contributed by atoms with van der Waals surface area (Å²) < 4.78 is 3.74. The Balaban J connectivity index is 1.81. The molecular formula is C25H28N4O2. The summed E-state index contributed by atoms with van der Waals surface area (Å²) in [6.45, 7) is 8.37. The van der Waals surface area contributed by atoms with Crippen LogP contribution in [0.3, 0.4) is 0 Å². The van der Waals surface area contributed by atoms with Crippen LogP contribution < -0.4 is 10.9 Å². The second-order valence-corrected chi connectivity index (χ2v) is 8.59. The van der Waals surface area contributed by atoms with E-state index in [1.54, 1.807) is 11.6 Å². The molecular weight excluding hydrogens is 388 g/mol. The van der Waals surface area contributed by atoms with Crippen LogP contribution in [0.2, 0.25) is 0 Å². The van der Waals surface area contributed by atoms with E-state index >= 15 is 0 Å². The standard InChI is InChI=1S/C25H28N4O2/c1-15(2)23(24-26-19-11-7-9-13-21(19)29(24)16(3)4)27-25(31)18-14-22(30)28(5)20-12-8-6-10-17(18)20/h6-16,23H,1-5H3,(H,27,31)/t23-/m1/s1. The molecule has 0 fully saturated rings. The molecule has 1 amide bonds. The summed E-state index contributed by atoms with van der Waals surface area (Å²) >= 11 is 0. The van der Waals surface area contributed by atoms with Crippen molar-refractivity contribution >= 4 is 27.8 Å². The summed E-state index contributed by atoms with van der Waals surface area (Å²) in [7, 11) is 1.72. The zero-order valence-corrected chi connectivity index (χ0v) is 18.6.